The maximum absolute atomic E-state index is 10.7. The van der Waals surface area contributed by atoms with Crippen LogP contribution in [0.1, 0.15) is 19.3 Å². The van der Waals surface area contributed by atoms with Crippen LogP contribution in [0, 0.1) is 5.92 Å². The average molecular weight is 215 g/mol. The molecule has 0 bridgehead atoms. The van der Waals surface area contributed by atoms with Crippen LogP contribution in [0.25, 0.3) is 0 Å². The average Bonchev–Trinajstić information content (AvgIpc) is 2.06. The molecular weight excluding hydrogens is 198 g/mol. The molecule has 1 aliphatic heterocycles. The number of amides is 1. The second-order valence-corrected chi connectivity index (χ2v) is 4.38. The fraction of sp³-hybridized carbons (Fsp3) is 0.778. The quantitative estimate of drug-likeness (QED) is 0.640. The highest BCUT2D eigenvalue weighted by molar-refractivity contribution is 7.80. The molecule has 0 atom stereocenters. The van der Waals surface area contributed by atoms with E-state index in [2.05, 4.69) is 4.90 Å². The Kier molecular flexibility index (Phi) is 4.28. The number of rotatable bonds is 4. The lowest BCUT2D eigenvalue weighted by Crippen LogP contribution is -2.39. The van der Waals surface area contributed by atoms with Crippen molar-refractivity contribution >= 4 is 23.1 Å². The first-order valence-electron chi connectivity index (χ1n) is 4.87. The number of piperidine rings is 1. The lowest BCUT2D eigenvalue weighted by molar-refractivity contribution is -0.119. The Morgan fingerprint density at radius 2 is 1.93 bits per heavy atom. The van der Waals surface area contributed by atoms with Gasteiger partial charge in [-0.25, -0.2) is 0 Å². The van der Waals surface area contributed by atoms with Gasteiger partial charge >= 0.3 is 0 Å². The van der Waals surface area contributed by atoms with Gasteiger partial charge < -0.3 is 11.5 Å². The summed E-state index contributed by atoms with van der Waals surface area (Å²) < 4.78 is 0. The molecule has 0 unspecified atom stereocenters. The third-order valence-electron chi connectivity index (χ3n) is 2.58. The lowest BCUT2D eigenvalue weighted by Gasteiger charge is -2.30. The van der Waals surface area contributed by atoms with E-state index in [1.165, 1.54) is 0 Å². The molecule has 80 valence electrons. The monoisotopic (exact) mass is 215 g/mol. The molecule has 0 aliphatic carbocycles. The second-order valence-electron chi connectivity index (χ2n) is 3.86. The molecule has 0 aromatic carbocycles. The molecule has 1 amide bonds. The smallest absolute Gasteiger partial charge is 0.217 e. The van der Waals surface area contributed by atoms with Crippen molar-refractivity contribution in [2.75, 3.05) is 19.6 Å². The van der Waals surface area contributed by atoms with Crippen molar-refractivity contribution in [3.05, 3.63) is 0 Å². The van der Waals surface area contributed by atoms with E-state index in [0.29, 0.717) is 23.9 Å². The van der Waals surface area contributed by atoms with Gasteiger partial charge in [-0.05, 0) is 31.8 Å². The van der Waals surface area contributed by atoms with Crippen LogP contribution in [0.2, 0.25) is 0 Å². The normalized spacial score (nSPS) is 19.4. The lowest BCUT2D eigenvalue weighted by atomic mass is 9.93. The predicted octanol–water partition coefficient (Wildman–Crippen LogP) is -0.140. The third kappa shape index (κ3) is 4.02. The van der Waals surface area contributed by atoms with E-state index < -0.39 is 0 Å². The zero-order valence-corrected chi connectivity index (χ0v) is 9.05. The first-order valence-corrected chi connectivity index (χ1v) is 5.27. The summed E-state index contributed by atoms with van der Waals surface area (Å²) in [5.41, 5.74) is 10.6. The number of nitrogens with zero attached hydrogens (tertiary/aromatic N) is 1. The number of likely N-dealkylation sites (tertiary alicyclic amines) is 1. The number of nitrogens with two attached hydrogens (primary N) is 2. The van der Waals surface area contributed by atoms with Crippen LogP contribution >= 0.6 is 12.2 Å². The van der Waals surface area contributed by atoms with Gasteiger partial charge in [0, 0.05) is 13.0 Å². The Hall–Kier alpha value is -0.680. The predicted molar refractivity (Wildman–Crippen MR) is 59.8 cm³/mol. The fourth-order valence-electron chi connectivity index (χ4n) is 1.85. The molecule has 5 heteroatoms. The van der Waals surface area contributed by atoms with Gasteiger partial charge in [-0.1, -0.05) is 12.2 Å². The SMILES string of the molecule is NC(=O)CC1CCN(CC(N)=S)CC1. The summed E-state index contributed by atoms with van der Waals surface area (Å²) in [7, 11) is 0. The van der Waals surface area contributed by atoms with E-state index in [4.69, 9.17) is 23.7 Å². The molecule has 14 heavy (non-hydrogen) atoms. The maximum Gasteiger partial charge on any atom is 0.217 e. The summed E-state index contributed by atoms with van der Waals surface area (Å²) in [5.74, 6) is 0.257. The standard InChI is InChI=1S/C9H17N3OS/c10-8(13)5-7-1-3-12(4-2-7)6-9(11)14/h7H,1-6H2,(H2,10,13)(H2,11,14). The summed E-state index contributed by atoms with van der Waals surface area (Å²) in [6, 6.07) is 0. The van der Waals surface area contributed by atoms with Crippen LogP contribution < -0.4 is 11.5 Å². The minimum Gasteiger partial charge on any atom is -0.392 e. The van der Waals surface area contributed by atoms with Gasteiger partial charge in [-0.3, -0.25) is 9.69 Å². The van der Waals surface area contributed by atoms with Crippen LogP contribution in [0.15, 0.2) is 0 Å². The number of carbonyl (C=O) groups is 1. The van der Waals surface area contributed by atoms with Crippen molar-refractivity contribution in [2.24, 2.45) is 17.4 Å². The molecule has 1 saturated heterocycles. The van der Waals surface area contributed by atoms with Crippen molar-refractivity contribution in [3.63, 3.8) is 0 Å². The van der Waals surface area contributed by atoms with E-state index in [9.17, 15) is 4.79 Å². The molecule has 1 fully saturated rings. The zero-order valence-electron chi connectivity index (χ0n) is 8.24. The van der Waals surface area contributed by atoms with Crippen LogP contribution in [-0.2, 0) is 4.79 Å². The van der Waals surface area contributed by atoms with Gasteiger partial charge in [0.2, 0.25) is 5.91 Å². The highest BCUT2D eigenvalue weighted by Gasteiger charge is 2.20. The zero-order chi connectivity index (χ0) is 10.6. The highest BCUT2D eigenvalue weighted by atomic mass is 32.1. The summed E-state index contributed by atoms with van der Waals surface area (Å²) in [5, 5.41) is 0. The molecule has 4 nitrogen and oxygen atoms in total. The van der Waals surface area contributed by atoms with E-state index in [1.54, 1.807) is 0 Å². The molecule has 0 aromatic heterocycles. The van der Waals surface area contributed by atoms with Crippen molar-refractivity contribution in [2.45, 2.75) is 19.3 Å². The van der Waals surface area contributed by atoms with Gasteiger partial charge in [0.25, 0.3) is 0 Å². The minimum atomic E-state index is -0.196. The van der Waals surface area contributed by atoms with Crippen LogP contribution in [0.3, 0.4) is 0 Å². The number of thiocarbonyl (C=S) groups is 1. The molecule has 1 aliphatic rings. The molecule has 0 spiro atoms. The Morgan fingerprint density at radius 1 is 1.36 bits per heavy atom. The summed E-state index contributed by atoms with van der Waals surface area (Å²) in [6.07, 6.45) is 2.55. The second kappa shape index (κ2) is 5.26. The summed E-state index contributed by atoms with van der Waals surface area (Å²) in [6.45, 7) is 2.63. The van der Waals surface area contributed by atoms with Gasteiger partial charge in [0.05, 0.1) is 4.99 Å². The van der Waals surface area contributed by atoms with Crippen LogP contribution in [-0.4, -0.2) is 35.4 Å². The maximum atomic E-state index is 10.7. The van der Waals surface area contributed by atoms with Gasteiger partial charge in [-0.2, -0.15) is 0 Å². The number of hydrogen-bond donors (Lipinski definition) is 2. The number of carbonyl (C=O) groups excluding carboxylic acids is 1. The molecular formula is C9H17N3OS. The first-order chi connectivity index (χ1) is 6.58. The molecule has 0 aromatic rings. The van der Waals surface area contributed by atoms with E-state index in [-0.39, 0.29) is 5.91 Å². The van der Waals surface area contributed by atoms with E-state index >= 15 is 0 Å². The highest BCUT2D eigenvalue weighted by Crippen LogP contribution is 2.19. The van der Waals surface area contributed by atoms with Crippen LogP contribution in [0.5, 0.6) is 0 Å². The van der Waals surface area contributed by atoms with Crippen molar-refractivity contribution < 1.29 is 4.79 Å². The molecule has 0 saturated carbocycles. The molecule has 1 rings (SSSR count). The largest absolute Gasteiger partial charge is 0.392 e. The Balaban J connectivity index is 2.24. The fourth-order valence-corrected chi connectivity index (χ4v) is 2.04. The number of primary amides is 1. The van der Waals surface area contributed by atoms with E-state index in [1.807, 2.05) is 0 Å². The van der Waals surface area contributed by atoms with Gasteiger partial charge in [0.15, 0.2) is 0 Å². The third-order valence-corrected chi connectivity index (χ3v) is 2.71. The van der Waals surface area contributed by atoms with Crippen molar-refractivity contribution in [1.29, 1.82) is 0 Å². The Morgan fingerprint density at radius 3 is 2.36 bits per heavy atom. The minimum absolute atomic E-state index is 0.196. The van der Waals surface area contributed by atoms with E-state index in [0.717, 1.165) is 25.9 Å². The van der Waals surface area contributed by atoms with Crippen molar-refractivity contribution in [1.82, 2.24) is 4.90 Å². The Labute approximate surface area is 89.6 Å². The molecule has 1 heterocycles. The molecule has 0 radical (unpaired) electrons. The summed E-state index contributed by atoms with van der Waals surface area (Å²) >= 11 is 4.84. The Bertz CT molecular complexity index is 200. The topological polar surface area (TPSA) is 72.4 Å². The van der Waals surface area contributed by atoms with Crippen LogP contribution in [0.4, 0.5) is 0 Å². The first kappa shape index (κ1) is 11.4. The van der Waals surface area contributed by atoms with Crippen molar-refractivity contribution in [3.8, 4) is 0 Å². The molecule has 4 N–H and O–H groups in total. The van der Waals surface area contributed by atoms with Gasteiger partial charge in [0.1, 0.15) is 0 Å². The number of hydrogen-bond acceptors (Lipinski definition) is 3. The summed E-state index contributed by atoms with van der Waals surface area (Å²) in [4.78, 5) is 13.5. The van der Waals surface area contributed by atoms with Gasteiger partial charge in [-0.15, -0.1) is 0 Å².